The van der Waals surface area contributed by atoms with E-state index in [1.807, 2.05) is 0 Å². The molecule has 9 heavy (non-hydrogen) atoms. The molecule has 55 valence electrons. The molecule has 0 aromatic carbocycles. The van der Waals surface area contributed by atoms with E-state index in [9.17, 15) is 0 Å². The molecular weight excluding hydrogens is 108 g/mol. The summed E-state index contributed by atoms with van der Waals surface area (Å²) in [4.78, 5) is 0. The average molecular weight is 127 g/mol. The van der Waals surface area contributed by atoms with E-state index in [4.69, 9.17) is 0 Å². The third-order valence-corrected chi connectivity index (χ3v) is 1.75. The second-order valence-corrected chi connectivity index (χ2v) is 2.60. The molecule has 0 aliphatic rings. The van der Waals surface area contributed by atoms with E-state index in [-0.39, 0.29) is 0 Å². The van der Waals surface area contributed by atoms with Crippen LogP contribution in [0.5, 0.6) is 0 Å². The van der Waals surface area contributed by atoms with Crippen LogP contribution < -0.4 is 0 Å². The predicted molar refractivity (Wildman–Crippen MR) is 43.3 cm³/mol. The van der Waals surface area contributed by atoms with Crippen molar-refractivity contribution in [3.63, 3.8) is 0 Å². The van der Waals surface area contributed by atoms with Crippen molar-refractivity contribution in [2.75, 3.05) is 0 Å². The molecule has 0 saturated heterocycles. The molecule has 0 aromatic heterocycles. The van der Waals surface area contributed by atoms with Crippen LogP contribution in [0.25, 0.3) is 0 Å². The standard InChI is InChI=1S/C9H19/c1-4-7-9(6-3)8-5-2/h7,9H,4-6,8H2,1-3H3. The third-order valence-electron chi connectivity index (χ3n) is 1.75. The molecule has 0 spiro atoms. The summed E-state index contributed by atoms with van der Waals surface area (Å²) in [7, 11) is 0. The van der Waals surface area contributed by atoms with Gasteiger partial charge in [0.2, 0.25) is 0 Å². The Bertz CT molecular complexity index is 42.0. The maximum Gasteiger partial charge on any atom is -0.0358 e. The van der Waals surface area contributed by atoms with Crippen molar-refractivity contribution in [2.45, 2.75) is 46.5 Å². The molecule has 0 aromatic rings. The molecule has 0 bridgehead atoms. The van der Waals surface area contributed by atoms with Crippen LogP contribution >= 0.6 is 0 Å². The molecule has 0 aliphatic carbocycles. The van der Waals surface area contributed by atoms with Crippen LogP contribution in [-0.4, -0.2) is 0 Å². The third kappa shape index (κ3) is 4.50. The van der Waals surface area contributed by atoms with E-state index in [2.05, 4.69) is 27.2 Å². The highest BCUT2D eigenvalue weighted by Crippen LogP contribution is 2.15. The van der Waals surface area contributed by atoms with E-state index in [1.54, 1.807) is 0 Å². The summed E-state index contributed by atoms with van der Waals surface area (Å²) in [6.45, 7) is 6.75. The van der Waals surface area contributed by atoms with Crippen molar-refractivity contribution in [1.29, 1.82) is 0 Å². The van der Waals surface area contributed by atoms with Crippen LogP contribution in [0.2, 0.25) is 0 Å². The lowest BCUT2D eigenvalue weighted by molar-refractivity contribution is 0.515. The Morgan fingerprint density at radius 2 is 1.89 bits per heavy atom. The van der Waals surface area contributed by atoms with Gasteiger partial charge in [-0.15, -0.1) is 0 Å². The highest BCUT2D eigenvalue weighted by Gasteiger charge is 2.01. The van der Waals surface area contributed by atoms with Crippen LogP contribution in [0, 0.1) is 12.3 Å². The number of rotatable bonds is 5. The molecule has 0 aliphatic heterocycles. The monoisotopic (exact) mass is 127 g/mol. The van der Waals surface area contributed by atoms with Crippen LogP contribution in [0.4, 0.5) is 0 Å². The minimum atomic E-state index is 0.889. The van der Waals surface area contributed by atoms with Crippen molar-refractivity contribution in [3.8, 4) is 0 Å². The highest BCUT2D eigenvalue weighted by molar-refractivity contribution is 4.72. The number of hydrogen-bond donors (Lipinski definition) is 0. The lowest BCUT2D eigenvalue weighted by Gasteiger charge is -2.10. The molecule has 0 amide bonds. The predicted octanol–water partition coefficient (Wildman–Crippen LogP) is 3.43. The quantitative estimate of drug-likeness (QED) is 0.530. The first-order valence-electron chi connectivity index (χ1n) is 4.18. The molecule has 1 unspecified atom stereocenters. The lowest BCUT2D eigenvalue weighted by atomic mass is 9.96. The molecule has 0 rings (SSSR count). The van der Waals surface area contributed by atoms with E-state index in [1.165, 1.54) is 25.7 Å². The van der Waals surface area contributed by atoms with Gasteiger partial charge in [0, 0.05) is 0 Å². The Morgan fingerprint density at radius 1 is 1.22 bits per heavy atom. The second-order valence-electron chi connectivity index (χ2n) is 2.60. The molecule has 0 heterocycles. The summed E-state index contributed by atoms with van der Waals surface area (Å²) in [5.41, 5.74) is 0. The zero-order chi connectivity index (χ0) is 7.11. The molecule has 0 N–H and O–H groups in total. The van der Waals surface area contributed by atoms with Gasteiger partial charge in [-0.05, 0) is 12.3 Å². The molecule has 0 fully saturated rings. The van der Waals surface area contributed by atoms with Gasteiger partial charge in [-0.2, -0.15) is 0 Å². The van der Waals surface area contributed by atoms with Gasteiger partial charge in [-0.25, -0.2) is 0 Å². The van der Waals surface area contributed by atoms with Crippen molar-refractivity contribution in [2.24, 2.45) is 5.92 Å². The van der Waals surface area contributed by atoms with E-state index in [0.717, 1.165) is 5.92 Å². The van der Waals surface area contributed by atoms with E-state index < -0.39 is 0 Å². The second kappa shape index (κ2) is 6.12. The summed E-state index contributed by atoms with van der Waals surface area (Å²) in [5, 5.41) is 0. The number of hydrogen-bond acceptors (Lipinski definition) is 0. The molecular formula is C9H19. The van der Waals surface area contributed by atoms with Gasteiger partial charge in [-0.3, -0.25) is 0 Å². The van der Waals surface area contributed by atoms with Crippen molar-refractivity contribution in [1.82, 2.24) is 0 Å². The first-order chi connectivity index (χ1) is 4.35. The molecule has 0 saturated carbocycles. The smallest absolute Gasteiger partial charge is 0.0358 e. The van der Waals surface area contributed by atoms with E-state index in [0.29, 0.717) is 0 Å². The van der Waals surface area contributed by atoms with E-state index >= 15 is 0 Å². The van der Waals surface area contributed by atoms with Gasteiger partial charge in [0.25, 0.3) is 0 Å². The van der Waals surface area contributed by atoms with Gasteiger partial charge in [0.1, 0.15) is 0 Å². The lowest BCUT2D eigenvalue weighted by Crippen LogP contribution is -1.97. The summed E-state index contributed by atoms with van der Waals surface area (Å²) < 4.78 is 0. The Hall–Kier alpha value is 0. The fourth-order valence-corrected chi connectivity index (χ4v) is 1.19. The molecule has 1 atom stereocenters. The summed E-state index contributed by atoms with van der Waals surface area (Å²) >= 11 is 0. The molecule has 0 heteroatoms. The van der Waals surface area contributed by atoms with Gasteiger partial charge < -0.3 is 0 Å². The fraction of sp³-hybridized carbons (Fsp3) is 0.889. The first kappa shape index (κ1) is 9.00. The van der Waals surface area contributed by atoms with Crippen LogP contribution in [0.1, 0.15) is 46.5 Å². The van der Waals surface area contributed by atoms with Crippen LogP contribution in [-0.2, 0) is 0 Å². The maximum absolute atomic E-state index is 2.43. The van der Waals surface area contributed by atoms with Gasteiger partial charge in [-0.1, -0.05) is 46.5 Å². The topological polar surface area (TPSA) is 0 Å². The minimum Gasteiger partial charge on any atom is -0.0654 e. The van der Waals surface area contributed by atoms with Gasteiger partial charge in [0.05, 0.1) is 0 Å². The van der Waals surface area contributed by atoms with Crippen molar-refractivity contribution < 1.29 is 0 Å². The van der Waals surface area contributed by atoms with Gasteiger partial charge in [0.15, 0.2) is 0 Å². The Balaban J connectivity index is 3.18. The zero-order valence-electron chi connectivity index (χ0n) is 6.98. The van der Waals surface area contributed by atoms with Crippen LogP contribution in [0.15, 0.2) is 0 Å². The Kier molecular flexibility index (Phi) is 6.12. The zero-order valence-corrected chi connectivity index (χ0v) is 6.98. The normalized spacial score (nSPS) is 10.7. The van der Waals surface area contributed by atoms with Gasteiger partial charge >= 0.3 is 0 Å². The summed E-state index contributed by atoms with van der Waals surface area (Å²) in [5.74, 6) is 0.889. The molecule has 0 nitrogen and oxygen atoms in total. The SMILES string of the molecule is CC[CH]C(CC)CCC. The largest absolute Gasteiger partial charge is 0.0654 e. The maximum atomic E-state index is 2.43. The summed E-state index contributed by atoms with van der Waals surface area (Å²) in [6.07, 6.45) is 7.70. The highest BCUT2D eigenvalue weighted by atomic mass is 14.1. The van der Waals surface area contributed by atoms with Crippen molar-refractivity contribution in [3.05, 3.63) is 6.42 Å². The Morgan fingerprint density at radius 3 is 2.22 bits per heavy atom. The molecule has 1 radical (unpaired) electrons. The average Bonchev–Trinajstić information content (AvgIpc) is 1.88. The first-order valence-corrected chi connectivity index (χ1v) is 4.18. The van der Waals surface area contributed by atoms with Crippen LogP contribution in [0.3, 0.4) is 0 Å². The Labute approximate surface area is 59.7 Å². The fourth-order valence-electron chi connectivity index (χ4n) is 1.19. The summed E-state index contributed by atoms with van der Waals surface area (Å²) in [6, 6.07) is 0. The minimum absolute atomic E-state index is 0.889. The van der Waals surface area contributed by atoms with Crippen molar-refractivity contribution >= 4 is 0 Å².